The van der Waals surface area contributed by atoms with Gasteiger partial charge in [0.15, 0.2) is 0 Å². The van der Waals surface area contributed by atoms with Gasteiger partial charge in [-0.15, -0.1) is 0 Å². The Kier molecular flexibility index (Phi) is 6.85. The largest absolute Gasteiger partial charge is 0.376 e. The highest BCUT2D eigenvalue weighted by molar-refractivity contribution is 5.41. The zero-order chi connectivity index (χ0) is 20.1. The summed E-state index contributed by atoms with van der Waals surface area (Å²) in [5.74, 6) is 1.93. The van der Waals surface area contributed by atoms with E-state index < -0.39 is 0 Å². The molecule has 1 aliphatic rings. The molecule has 3 rings (SSSR count). The van der Waals surface area contributed by atoms with Crippen LogP contribution in [0.3, 0.4) is 0 Å². The molecule has 28 heavy (non-hydrogen) atoms. The van der Waals surface area contributed by atoms with Gasteiger partial charge in [-0.3, -0.25) is 4.68 Å². The zero-order valence-corrected chi connectivity index (χ0v) is 17.6. The van der Waals surface area contributed by atoms with E-state index in [4.69, 9.17) is 4.74 Å². The van der Waals surface area contributed by atoms with Gasteiger partial charge < -0.3 is 20.3 Å². The second-order valence-electron chi connectivity index (χ2n) is 8.05. The van der Waals surface area contributed by atoms with Gasteiger partial charge in [-0.05, 0) is 38.9 Å². The molecule has 154 valence electrons. The van der Waals surface area contributed by atoms with Gasteiger partial charge in [0.25, 0.3) is 0 Å². The van der Waals surface area contributed by atoms with Gasteiger partial charge in [-0.1, -0.05) is 13.8 Å². The van der Waals surface area contributed by atoms with E-state index >= 15 is 0 Å². The lowest BCUT2D eigenvalue weighted by molar-refractivity contribution is -0.0203. The number of nitrogens with one attached hydrogen (secondary N) is 2. The average Bonchev–Trinajstić information content (AvgIpc) is 3.08. The fourth-order valence-corrected chi connectivity index (χ4v) is 3.73. The predicted octanol–water partition coefficient (Wildman–Crippen LogP) is 2.54. The third-order valence-corrected chi connectivity index (χ3v) is 5.20. The third-order valence-electron chi connectivity index (χ3n) is 5.20. The van der Waals surface area contributed by atoms with Crippen LogP contribution in [0.4, 0.5) is 11.8 Å². The quantitative estimate of drug-likeness (QED) is 0.720. The van der Waals surface area contributed by atoms with Crippen molar-refractivity contribution >= 4 is 11.8 Å². The Morgan fingerprint density at radius 2 is 2.18 bits per heavy atom. The number of hydrogen-bond donors (Lipinski definition) is 2. The smallest absolute Gasteiger partial charge is 0.224 e. The van der Waals surface area contributed by atoms with E-state index in [2.05, 4.69) is 58.5 Å². The minimum absolute atomic E-state index is 0.186. The molecule has 8 heteroatoms. The molecule has 2 aromatic heterocycles. The van der Waals surface area contributed by atoms with Crippen molar-refractivity contribution < 1.29 is 4.74 Å². The van der Waals surface area contributed by atoms with Gasteiger partial charge in [-0.25, -0.2) is 4.98 Å². The molecule has 2 aromatic rings. The summed E-state index contributed by atoms with van der Waals surface area (Å²) in [7, 11) is 6.06. The number of aryl methyl sites for hydroxylation is 1. The maximum Gasteiger partial charge on any atom is 0.224 e. The summed E-state index contributed by atoms with van der Waals surface area (Å²) >= 11 is 0. The molecule has 0 radical (unpaired) electrons. The third kappa shape index (κ3) is 5.20. The molecular formula is C20H33N7O. The van der Waals surface area contributed by atoms with E-state index in [9.17, 15) is 0 Å². The Labute approximate surface area is 167 Å². The first-order valence-corrected chi connectivity index (χ1v) is 10.0. The van der Waals surface area contributed by atoms with Crippen molar-refractivity contribution in [2.45, 2.75) is 44.9 Å². The second-order valence-corrected chi connectivity index (χ2v) is 8.05. The maximum absolute atomic E-state index is 5.98. The SMILES string of the molecule is CC(C)[C@@H]1OCCC[C@@H]1Nc1ccnc(NC[C@@H](c2cnn(C)c2)N(C)C)n1. The van der Waals surface area contributed by atoms with Crippen LogP contribution in [0.1, 0.15) is 38.3 Å². The van der Waals surface area contributed by atoms with Crippen molar-refractivity contribution in [2.24, 2.45) is 13.0 Å². The number of anilines is 2. The van der Waals surface area contributed by atoms with E-state index in [-0.39, 0.29) is 18.2 Å². The van der Waals surface area contributed by atoms with Crippen molar-refractivity contribution in [3.05, 3.63) is 30.2 Å². The van der Waals surface area contributed by atoms with Crippen LogP contribution in [-0.2, 0) is 11.8 Å². The standard InChI is InChI=1S/C20H33N7O/c1-14(2)19-16(7-6-10-28-19)24-18-8-9-21-20(25-18)22-12-17(26(3)4)15-11-23-27(5)13-15/h8-9,11,13-14,16-17,19H,6-7,10,12H2,1-5H3,(H2,21,22,24,25)/t16-,17-,19-/m0/s1. The topological polar surface area (TPSA) is 80.1 Å². The number of likely N-dealkylation sites (N-methyl/N-ethyl adjacent to an activating group) is 1. The molecule has 0 spiro atoms. The first kappa shape index (κ1) is 20.5. The van der Waals surface area contributed by atoms with Crippen LogP contribution in [0, 0.1) is 5.92 Å². The first-order valence-electron chi connectivity index (χ1n) is 10.0. The van der Waals surface area contributed by atoms with E-state index in [1.165, 1.54) is 0 Å². The van der Waals surface area contributed by atoms with Crippen molar-refractivity contribution in [3.8, 4) is 0 Å². The normalized spacial score (nSPS) is 21.1. The number of ether oxygens (including phenoxy) is 1. The summed E-state index contributed by atoms with van der Waals surface area (Å²) in [6.45, 7) is 5.95. The van der Waals surface area contributed by atoms with E-state index in [1.807, 2.05) is 30.2 Å². The highest BCUT2D eigenvalue weighted by Crippen LogP contribution is 2.24. The van der Waals surface area contributed by atoms with Gasteiger partial charge in [-0.2, -0.15) is 10.1 Å². The molecule has 1 saturated heterocycles. The van der Waals surface area contributed by atoms with Gasteiger partial charge in [0.05, 0.1) is 24.4 Å². The second kappa shape index (κ2) is 9.34. The molecule has 1 aliphatic heterocycles. The summed E-state index contributed by atoms with van der Waals surface area (Å²) < 4.78 is 7.80. The van der Waals surface area contributed by atoms with Crippen molar-refractivity contribution in [3.63, 3.8) is 0 Å². The van der Waals surface area contributed by atoms with Gasteiger partial charge in [0.2, 0.25) is 5.95 Å². The molecule has 3 atom stereocenters. The van der Waals surface area contributed by atoms with Gasteiger partial charge in [0.1, 0.15) is 5.82 Å². The Morgan fingerprint density at radius 1 is 1.36 bits per heavy atom. The van der Waals surface area contributed by atoms with Crippen molar-refractivity contribution in [2.75, 3.05) is 37.9 Å². The highest BCUT2D eigenvalue weighted by Gasteiger charge is 2.28. The number of aromatic nitrogens is 4. The molecule has 0 unspecified atom stereocenters. The summed E-state index contributed by atoms with van der Waals surface area (Å²) in [4.78, 5) is 11.2. The molecule has 0 aromatic carbocycles. The fourth-order valence-electron chi connectivity index (χ4n) is 3.73. The molecule has 8 nitrogen and oxygen atoms in total. The Bertz CT molecular complexity index is 746. The Morgan fingerprint density at radius 3 is 2.86 bits per heavy atom. The molecular weight excluding hydrogens is 354 g/mol. The lowest BCUT2D eigenvalue weighted by Crippen LogP contribution is -2.43. The lowest BCUT2D eigenvalue weighted by atomic mass is 9.94. The summed E-state index contributed by atoms with van der Waals surface area (Å²) in [6, 6.07) is 2.38. The lowest BCUT2D eigenvalue weighted by Gasteiger charge is -2.35. The first-order chi connectivity index (χ1) is 13.4. The summed E-state index contributed by atoms with van der Waals surface area (Å²) in [5, 5.41) is 11.2. The molecule has 0 saturated carbocycles. The van der Waals surface area contributed by atoms with Crippen LogP contribution >= 0.6 is 0 Å². The molecule has 2 N–H and O–H groups in total. The maximum atomic E-state index is 5.98. The predicted molar refractivity (Wildman–Crippen MR) is 111 cm³/mol. The molecule has 1 fully saturated rings. The van der Waals surface area contributed by atoms with Gasteiger partial charge >= 0.3 is 0 Å². The molecule has 0 bridgehead atoms. The zero-order valence-electron chi connectivity index (χ0n) is 17.6. The summed E-state index contributed by atoms with van der Waals surface area (Å²) in [6.07, 6.45) is 8.12. The number of nitrogens with zero attached hydrogens (tertiary/aromatic N) is 5. The van der Waals surface area contributed by atoms with Crippen LogP contribution in [0.25, 0.3) is 0 Å². The minimum Gasteiger partial charge on any atom is -0.376 e. The number of rotatable bonds is 8. The Balaban J connectivity index is 1.64. The van der Waals surface area contributed by atoms with Crippen LogP contribution < -0.4 is 10.6 Å². The van der Waals surface area contributed by atoms with Crippen LogP contribution in [0.5, 0.6) is 0 Å². The van der Waals surface area contributed by atoms with Crippen LogP contribution in [0.15, 0.2) is 24.7 Å². The van der Waals surface area contributed by atoms with E-state index in [0.29, 0.717) is 18.4 Å². The highest BCUT2D eigenvalue weighted by atomic mass is 16.5. The van der Waals surface area contributed by atoms with Crippen LogP contribution in [-0.4, -0.2) is 64.0 Å². The van der Waals surface area contributed by atoms with E-state index in [0.717, 1.165) is 30.8 Å². The number of hydrogen-bond acceptors (Lipinski definition) is 7. The fraction of sp³-hybridized carbons (Fsp3) is 0.650. The molecule has 3 heterocycles. The molecule has 0 amide bonds. The summed E-state index contributed by atoms with van der Waals surface area (Å²) in [5.41, 5.74) is 1.16. The average molecular weight is 388 g/mol. The monoisotopic (exact) mass is 387 g/mol. The molecule has 0 aliphatic carbocycles. The van der Waals surface area contributed by atoms with Crippen molar-refractivity contribution in [1.82, 2.24) is 24.6 Å². The van der Waals surface area contributed by atoms with Crippen molar-refractivity contribution in [1.29, 1.82) is 0 Å². The van der Waals surface area contributed by atoms with Crippen LogP contribution in [0.2, 0.25) is 0 Å². The minimum atomic E-state index is 0.186. The van der Waals surface area contributed by atoms with E-state index in [1.54, 1.807) is 6.20 Å². The van der Waals surface area contributed by atoms with Gasteiger partial charge in [0, 0.05) is 38.2 Å². The Hall–Kier alpha value is -2.19.